The van der Waals surface area contributed by atoms with Crippen molar-refractivity contribution in [1.29, 1.82) is 0 Å². The van der Waals surface area contributed by atoms with E-state index in [1.807, 2.05) is 26.2 Å². The van der Waals surface area contributed by atoms with E-state index in [0.29, 0.717) is 5.75 Å². The molecule has 0 saturated carbocycles. The van der Waals surface area contributed by atoms with Gasteiger partial charge in [0.25, 0.3) is 0 Å². The molecule has 0 spiro atoms. The van der Waals surface area contributed by atoms with Gasteiger partial charge in [-0.15, -0.1) is 11.3 Å². The van der Waals surface area contributed by atoms with Crippen LogP contribution in [0.4, 0.5) is 0 Å². The first-order chi connectivity index (χ1) is 7.09. The summed E-state index contributed by atoms with van der Waals surface area (Å²) in [5.41, 5.74) is 0. The zero-order valence-corrected chi connectivity index (χ0v) is 12.0. The first kappa shape index (κ1) is 13.2. The number of ketones is 1. The van der Waals surface area contributed by atoms with Gasteiger partial charge in [-0.1, -0.05) is 0 Å². The monoisotopic (exact) mass is 307 g/mol. The van der Waals surface area contributed by atoms with E-state index < -0.39 is 0 Å². The molecule has 15 heavy (non-hydrogen) atoms. The molecule has 0 radical (unpaired) electrons. The number of hydrogen-bond donors (Lipinski definition) is 0. The Morgan fingerprint density at radius 2 is 2.27 bits per heavy atom. The number of Topliss-reactive ketones (excluding diaryl/α,β-unsaturated/α-hetero) is 1. The van der Waals surface area contributed by atoms with Crippen molar-refractivity contribution in [1.82, 2.24) is 4.90 Å². The smallest absolute Gasteiger partial charge is 0.182 e. The molecule has 0 aliphatic heterocycles. The summed E-state index contributed by atoms with van der Waals surface area (Å²) < 4.78 is 1.02. The molecule has 0 atom stereocenters. The van der Waals surface area contributed by atoms with Crippen LogP contribution in [-0.2, 0) is 0 Å². The van der Waals surface area contributed by atoms with Gasteiger partial charge in [0.1, 0.15) is 0 Å². The van der Waals surface area contributed by atoms with Crippen LogP contribution < -0.4 is 0 Å². The van der Waals surface area contributed by atoms with Crippen molar-refractivity contribution < 1.29 is 4.79 Å². The van der Waals surface area contributed by atoms with Crippen LogP contribution in [0.15, 0.2) is 15.9 Å². The summed E-state index contributed by atoms with van der Waals surface area (Å²) in [5, 5.41) is 0. The van der Waals surface area contributed by atoms with Crippen molar-refractivity contribution in [3.63, 3.8) is 0 Å². The lowest BCUT2D eigenvalue weighted by Crippen LogP contribution is -2.15. The predicted octanol–water partition coefficient (Wildman–Crippen LogP) is 2.99. The van der Waals surface area contributed by atoms with Gasteiger partial charge in [-0.3, -0.25) is 4.79 Å². The van der Waals surface area contributed by atoms with E-state index in [9.17, 15) is 4.79 Å². The first-order valence-corrected chi connectivity index (χ1v) is 7.37. The lowest BCUT2D eigenvalue weighted by Gasteiger charge is -2.07. The lowest BCUT2D eigenvalue weighted by molar-refractivity contribution is 0.102. The summed E-state index contributed by atoms with van der Waals surface area (Å²) in [5.74, 6) is 1.82. The minimum atomic E-state index is 0.231. The molecule has 0 fully saturated rings. The van der Waals surface area contributed by atoms with E-state index in [1.54, 1.807) is 11.8 Å². The molecule has 84 valence electrons. The van der Waals surface area contributed by atoms with Crippen LogP contribution in [0, 0.1) is 0 Å². The first-order valence-electron chi connectivity index (χ1n) is 4.60. The molecule has 0 bridgehead atoms. The summed E-state index contributed by atoms with van der Waals surface area (Å²) in [7, 11) is 4.08. The van der Waals surface area contributed by atoms with E-state index in [0.717, 1.165) is 21.0 Å². The van der Waals surface area contributed by atoms with Crippen LogP contribution in [0.2, 0.25) is 0 Å². The Morgan fingerprint density at radius 3 is 2.80 bits per heavy atom. The highest BCUT2D eigenvalue weighted by Gasteiger charge is 2.08. The van der Waals surface area contributed by atoms with Crippen LogP contribution in [0.25, 0.3) is 0 Å². The van der Waals surface area contributed by atoms with Crippen molar-refractivity contribution in [3.05, 3.63) is 20.8 Å². The molecule has 1 heterocycles. The molecule has 0 unspecified atom stereocenters. The third-order valence-corrected chi connectivity index (χ3v) is 4.37. The van der Waals surface area contributed by atoms with E-state index in [4.69, 9.17) is 0 Å². The molecule has 1 rings (SSSR count). The van der Waals surface area contributed by atoms with Gasteiger partial charge < -0.3 is 4.90 Å². The number of thiophene rings is 1. The molecule has 2 nitrogen and oxygen atoms in total. The molecule has 0 aliphatic carbocycles. The van der Waals surface area contributed by atoms with E-state index in [-0.39, 0.29) is 5.78 Å². The number of thioether (sulfide) groups is 1. The standard InChI is InChI=1S/C10H14BrNOS2/c1-12(2)5-6-14-7-8(13)9-3-4-10(11)15-9/h3-4H,5-7H2,1-2H3. The Kier molecular flexibility index (Phi) is 5.89. The van der Waals surface area contributed by atoms with Crippen molar-refractivity contribution >= 4 is 44.8 Å². The second kappa shape index (κ2) is 6.68. The fourth-order valence-electron chi connectivity index (χ4n) is 0.947. The van der Waals surface area contributed by atoms with Gasteiger partial charge >= 0.3 is 0 Å². The quantitative estimate of drug-likeness (QED) is 0.595. The average molecular weight is 308 g/mol. The third-order valence-electron chi connectivity index (χ3n) is 1.76. The van der Waals surface area contributed by atoms with Gasteiger partial charge in [0.2, 0.25) is 0 Å². The Labute approximate surface area is 107 Å². The topological polar surface area (TPSA) is 20.3 Å². The summed E-state index contributed by atoms with van der Waals surface area (Å²) in [6.45, 7) is 1.02. The molecule has 5 heteroatoms. The zero-order valence-electron chi connectivity index (χ0n) is 8.83. The maximum Gasteiger partial charge on any atom is 0.182 e. The number of nitrogens with zero attached hydrogens (tertiary/aromatic N) is 1. The van der Waals surface area contributed by atoms with Crippen molar-refractivity contribution in [2.24, 2.45) is 0 Å². The summed E-state index contributed by atoms with van der Waals surface area (Å²) in [4.78, 5) is 14.6. The van der Waals surface area contributed by atoms with Gasteiger partial charge in [-0.05, 0) is 42.2 Å². The fourth-order valence-corrected chi connectivity index (χ4v) is 3.34. The highest BCUT2D eigenvalue weighted by Crippen LogP contribution is 2.23. The Morgan fingerprint density at radius 1 is 1.53 bits per heavy atom. The highest BCUT2D eigenvalue weighted by atomic mass is 79.9. The van der Waals surface area contributed by atoms with Gasteiger partial charge in [-0.2, -0.15) is 11.8 Å². The van der Waals surface area contributed by atoms with Crippen molar-refractivity contribution in [2.75, 3.05) is 32.1 Å². The molecule has 1 aromatic rings. The maximum absolute atomic E-state index is 11.7. The van der Waals surface area contributed by atoms with Crippen LogP contribution in [0.3, 0.4) is 0 Å². The van der Waals surface area contributed by atoms with E-state index in [2.05, 4.69) is 20.8 Å². The number of carbonyl (C=O) groups excluding carboxylic acids is 1. The Hall–Kier alpha value is 0.160. The van der Waals surface area contributed by atoms with Gasteiger partial charge in [0.05, 0.1) is 14.4 Å². The van der Waals surface area contributed by atoms with E-state index >= 15 is 0 Å². The second-order valence-corrected chi connectivity index (χ2v) is 6.95. The third kappa shape index (κ3) is 5.15. The molecular weight excluding hydrogens is 294 g/mol. The van der Waals surface area contributed by atoms with Crippen LogP contribution in [-0.4, -0.2) is 42.8 Å². The molecular formula is C10H14BrNOS2. The number of carbonyl (C=O) groups is 1. The van der Waals surface area contributed by atoms with Gasteiger partial charge in [0.15, 0.2) is 5.78 Å². The average Bonchev–Trinajstić information content (AvgIpc) is 2.59. The SMILES string of the molecule is CN(C)CCSCC(=O)c1ccc(Br)s1. The number of hydrogen-bond acceptors (Lipinski definition) is 4. The van der Waals surface area contributed by atoms with Crippen molar-refractivity contribution in [3.8, 4) is 0 Å². The largest absolute Gasteiger partial charge is 0.309 e. The fraction of sp³-hybridized carbons (Fsp3) is 0.500. The van der Waals surface area contributed by atoms with Crippen LogP contribution in [0.5, 0.6) is 0 Å². The molecule has 1 aromatic heterocycles. The van der Waals surface area contributed by atoms with Crippen molar-refractivity contribution in [2.45, 2.75) is 0 Å². The second-order valence-electron chi connectivity index (χ2n) is 3.38. The zero-order chi connectivity index (χ0) is 11.3. The Bertz CT molecular complexity index is 325. The molecule has 0 N–H and O–H groups in total. The number of halogens is 1. The molecule has 0 aromatic carbocycles. The molecule has 0 saturated heterocycles. The van der Waals surface area contributed by atoms with E-state index in [1.165, 1.54) is 11.3 Å². The minimum Gasteiger partial charge on any atom is -0.309 e. The lowest BCUT2D eigenvalue weighted by atomic mass is 10.4. The minimum absolute atomic E-state index is 0.231. The van der Waals surface area contributed by atoms with Crippen LogP contribution >= 0.6 is 39.0 Å². The summed E-state index contributed by atoms with van der Waals surface area (Å²) in [6.07, 6.45) is 0. The van der Waals surface area contributed by atoms with Gasteiger partial charge in [-0.25, -0.2) is 0 Å². The molecule has 0 amide bonds. The Balaban J connectivity index is 2.25. The normalized spacial score (nSPS) is 10.9. The predicted molar refractivity (Wildman–Crippen MR) is 72.2 cm³/mol. The summed E-state index contributed by atoms with van der Waals surface area (Å²) in [6, 6.07) is 3.80. The van der Waals surface area contributed by atoms with Crippen LogP contribution in [0.1, 0.15) is 9.67 Å². The summed E-state index contributed by atoms with van der Waals surface area (Å²) >= 11 is 6.55. The highest BCUT2D eigenvalue weighted by molar-refractivity contribution is 9.11. The number of rotatable bonds is 6. The maximum atomic E-state index is 11.7. The van der Waals surface area contributed by atoms with Gasteiger partial charge in [0, 0.05) is 12.3 Å². The molecule has 0 aliphatic rings.